The zero-order valence-corrected chi connectivity index (χ0v) is 12.5. The van der Waals surface area contributed by atoms with Crippen LogP contribution in [0.3, 0.4) is 0 Å². The first-order valence-electron chi connectivity index (χ1n) is 7.10. The Morgan fingerprint density at radius 3 is 2.27 bits per heavy atom. The molecule has 0 heterocycles. The van der Waals surface area contributed by atoms with Crippen molar-refractivity contribution in [1.29, 1.82) is 0 Å². The van der Waals surface area contributed by atoms with E-state index in [1.54, 1.807) is 12.1 Å². The van der Waals surface area contributed by atoms with Crippen molar-refractivity contribution >= 4 is 11.9 Å². The summed E-state index contributed by atoms with van der Waals surface area (Å²) < 4.78 is 10.1. The van der Waals surface area contributed by atoms with E-state index < -0.39 is 11.9 Å². The summed E-state index contributed by atoms with van der Waals surface area (Å²) in [5, 5.41) is 0. The molecule has 0 unspecified atom stereocenters. The van der Waals surface area contributed by atoms with E-state index in [-0.39, 0.29) is 19.4 Å². The first-order valence-corrected chi connectivity index (χ1v) is 7.10. The van der Waals surface area contributed by atoms with Crippen LogP contribution in [-0.4, -0.2) is 18.5 Å². The van der Waals surface area contributed by atoms with Gasteiger partial charge in [0.15, 0.2) is 0 Å². The molecule has 0 atom stereocenters. The number of benzene rings is 2. The van der Waals surface area contributed by atoms with E-state index in [9.17, 15) is 9.59 Å². The van der Waals surface area contributed by atoms with Crippen molar-refractivity contribution in [2.75, 3.05) is 6.61 Å². The second-order valence-corrected chi connectivity index (χ2v) is 4.92. The molecule has 0 aliphatic heterocycles. The van der Waals surface area contributed by atoms with E-state index in [4.69, 9.17) is 9.47 Å². The minimum Gasteiger partial charge on any atom is -0.493 e. The Hall–Kier alpha value is -2.62. The fourth-order valence-corrected chi connectivity index (χ4v) is 1.86. The summed E-state index contributed by atoms with van der Waals surface area (Å²) >= 11 is 0. The van der Waals surface area contributed by atoms with Gasteiger partial charge < -0.3 is 9.47 Å². The largest absolute Gasteiger partial charge is 0.493 e. The Kier molecular flexibility index (Phi) is 5.72. The van der Waals surface area contributed by atoms with Crippen LogP contribution >= 0.6 is 0 Å². The third-order valence-corrected chi connectivity index (χ3v) is 3.01. The van der Waals surface area contributed by atoms with Gasteiger partial charge in [0.05, 0.1) is 19.4 Å². The molecule has 4 heteroatoms. The molecular weight excluding hydrogens is 280 g/mol. The topological polar surface area (TPSA) is 52.6 Å². The third-order valence-electron chi connectivity index (χ3n) is 3.01. The molecule has 22 heavy (non-hydrogen) atoms. The minimum atomic E-state index is -0.576. The first-order chi connectivity index (χ1) is 10.6. The van der Waals surface area contributed by atoms with Crippen LogP contribution in [-0.2, 0) is 20.7 Å². The second kappa shape index (κ2) is 7.98. The third kappa shape index (κ3) is 5.40. The van der Waals surface area contributed by atoms with Crippen molar-refractivity contribution in [1.82, 2.24) is 0 Å². The van der Waals surface area contributed by atoms with Gasteiger partial charge in [-0.05, 0) is 24.6 Å². The Balaban J connectivity index is 1.70. The van der Waals surface area contributed by atoms with Gasteiger partial charge in [0.1, 0.15) is 5.75 Å². The molecule has 0 aliphatic carbocycles. The molecule has 0 aromatic heterocycles. The van der Waals surface area contributed by atoms with Crippen molar-refractivity contribution in [2.45, 2.75) is 19.8 Å². The molecule has 2 rings (SSSR count). The van der Waals surface area contributed by atoms with Crippen molar-refractivity contribution in [2.24, 2.45) is 0 Å². The highest BCUT2D eigenvalue weighted by Crippen LogP contribution is 2.09. The maximum absolute atomic E-state index is 11.7. The molecule has 2 aromatic carbocycles. The summed E-state index contributed by atoms with van der Waals surface area (Å²) in [4.78, 5) is 23.2. The summed E-state index contributed by atoms with van der Waals surface area (Å²) in [5.41, 5.74) is 1.94. The van der Waals surface area contributed by atoms with Crippen LogP contribution in [0.25, 0.3) is 0 Å². The van der Waals surface area contributed by atoms with E-state index in [0.29, 0.717) is 5.75 Å². The normalized spacial score (nSPS) is 10.0. The molecule has 0 bridgehead atoms. The molecule has 0 fully saturated rings. The predicted molar refractivity (Wildman–Crippen MR) is 82.5 cm³/mol. The van der Waals surface area contributed by atoms with E-state index in [1.165, 1.54) is 0 Å². The second-order valence-electron chi connectivity index (χ2n) is 4.92. The monoisotopic (exact) mass is 298 g/mol. The molecule has 0 amide bonds. The summed E-state index contributed by atoms with van der Waals surface area (Å²) in [5.74, 6) is -0.442. The fraction of sp³-hybridized carbons (Fsp3) is 0.222. The molecule has 0 spiro atoms. The summed E-state index contributed by atoms with van der Waals surface area (Å²) in [6, 6.07) is 16.7. The average molecular weight is 298 g/mol. The van der Waals surface area contributed by atoms with E-state index >= 15 is 0 Å². The number of carbonyl (C=O) groups excluding carboxylic acids is 2. The van der Waals surface area contributed by atoms with Gasteiger partial charge in [0, 0.05) is 0 Å². The van der Waals surface area contributed by atoms with Crippen molar-refractivity contribution in [3.63, 3.8) is 0 Å². The number of hydrogen-bond donors (Lipinski definition) is 0. The van der Waals surface area contributed by atoms with Crippen molar-refractivity contribution < 1.29 is 19.1 Å². The van der Waals surface area contributed by atoms with Crippen LogP contribution in [0.15, 0.2) is 54.6 Å². The van der Waals surface area contributed by atoms with Crippen LogP contribution in [0.2, 0.25) is 0 Å². The lowest BCUT2D eigenvalue weighted by Gasteiger charge is -2.06. The van der Waals surface area contributed by atoms with Crippen LogP contribution in [0.5, 0.6) is 5.75 Å². The van der Waals surface area contributed by atoms with Crippen molar-refractivity contribution in [3.05, 3.63) is 65.7 Å². The zero-order chi connectivity index (χ0) is 15.8. The minimum absolute atomic E-state index is 0.0362. The lowest BCUT2D eigenvalue weighted by molar-refractivity contribution is -0.159. The van der Waals surface area contributed by atoms with Crippen LogP contribution < -0.4 is 4.74 Å². The molecule has 4 nitrogen and oxygen atoms in total. The SMILES string of the molecule is Cc1ccc(CC(=O)OC(=O)CCOc2ccccc2)cc1. The molecule has 2 aromatic rings. The number of esters is 2. The lowest BCUT2D eigenvalue weighted by Crippen LogP contribution is -2.16. The Morgan fingerprint density at radius 2 is 1.59 bits per heavy atom. The van der Waals surface area contributed by atoms with Gasteiger partial charge in [-0.15, -0.1) is 0 Å². The highest BCUT2D eigenvalue weighted by atomic mass is 16.6. The number of rotatable bonds is 6. The molecular formula is C18H18O4. The van der Waals surface area contributed by atoms with E-state index in [1.807, 2.05) is 49.4 Å². The van der Waals surface area contributed by atoms with Crippen LogP contribution in [0.4, 0.5) is 0 Å². The predicted octanol–water partition coefficient (Wildman–Crippen LogP) is 3.08. The van der Waals surface area contributed by atoms with E-state index in [2.05, 4.69) is 0 Å². The quantitative estimate of drug-likeness (QED) is 0.607. The standard InChI is InChI=1S/C18H18O4/c1-14-7-9-15(10-8-14)13-18(20)22-17(19)11-12-21-16-5-3-2-4-6-16/h2-10H,11-13H2,1H3. The molecule has 0 aliphatic rings. The summed E-state index contributed by atoms with van der Waals surface area (Å²) in [6.07, 6.45) is 0.125. The summed E-state index contributed by atoms with van der Waals surface area (Å²) in [6.45, 7) is 2.15. The number of carbonyl (C=O) groups is 2. The molecule has 114 valence electrons. The average Bonchev–Trinajstić information content (AvgIpc) is 2.50. The molecule has 0 N–H and O–H groups in total. The maximum atomic E-state index is 11.7. The lowest BCUT2D eigenvalue weighted by atomic mass is 10.1. The number of para-hydroxylation sites is 1. The van der Waals surface area contributed by atoms with Crippen LogP contribution in [0, 0.1) is 6.92 Å². The maximum Gasteiger partial charge on any atom is 0.317 e. The zero-order valence-electron chi connectivity index (χ0n) is 12.5. The molecule has 0 radical (unpaired) electrons. The van der Waals surface area contributed by atoms with Gasteiger partial charge >= 0.3 is 11.9 Å². The van der Waals surface area contributed by atoms with E-state index in [0.717, 1.165) is 11.1 Å². The molecule has 0 saturated heterocycles. The Labute approximate surface area is 129 Å². The smallest absolute Gasteiger partial charge is 0.317 e. The first kappa shape index (κ1) is 15.8. The highest BCUT2D eigenvalue weighted by Gasteiger charge is 2.11. The Bertz CT molecular complexity index is 617. The van der Waals surface area contributed by atoms with Gasteiger partial charge in [0.2, 0.25) is 0 Å². The molecule has 0 saturated carbocycles. The number of ether oxygens (including phenoxy) is 2. The van der Waals surface area contributed by atoms with Gasteiger partial charge in [0.25, 0.3) is 0 Å². The fourth-order valence-electron chi connectivity index (χ4n) is 1.86. The van der Waals surface area contributed by atoms with Gasteiger partial charge in [-0.3, -0.25) is 9.59 Å². The van der Waals surface area contributed by atoms with Gasteiger partial charge in [-0.2, -0.15) is 0 Å². The van der Waals surface area contributed by atoms with Gasteiger partial charge in [-0.1, -0.05) is 48.0 Å². The Morgan fingerprint density at radius 1 is 0.909 bits per heavy atom. The number of aryl methyl sites for hydroxylation is 1. The highest BCUT2D eigenvalue weighted by molar-refractivity contribution is 5.86. The summed E-state index contributed by atoms with van der Waals surface area (Å²) in [7, 11) is 0. The van der Waals surface area contributed by atoms with Crippen molar-refractivity contribution in [3.8, 4) is 5.75 Å². The number of hydrogen-bond acceptors (Lipinski definition) is 4. The van der Waals surface area contributed by atoms with Crippen LogP contribution in [0.1, 0.15) is 17.5 Å². The van der Waals surface area contributed by atoms with Gasteiger partial charge in [-0.25, -0.2) is 0 Å².